The first-order valence-electron chi connectivity index (χ1n) is 5.09. The van der Waals surface area contributed by atoms with Crippen LogP contribution in [0.5, 0.6) is 0 Å². The Bertz CT molecular complexity index is 539. The molecule has 0 amide bonds. The molecule has 20 heavy (non-hydrogen) atoms. The van der Waals surface area contributed by atoms with Gasteiger partial charge in [-0.15, -0.1) is 0 Å². The molecule has 0 radical (unpaired) electrons. The molecule has 0 spiro atoms. The minimum absolute atomic E-state index is 0.259. The molecule has 0 fully saturated rings. The number of carboxylic acid groups (broad SMARTS) is 2. The van der Waals surface area contributed by atoms with Gasteiger partial charge in [-0.1, -0.05) is 6.07 Å². The molecule has 4 N–H and O–H groups in total. The second-order valence-corrected chi connectivity index (χ2v) is 3.83. The summed E-state index contributed by atoms with van der Waals surface area (Å²) in [5.41, 5.74) is -3.12. The van der Waals surface area contributed by atoms with Crippen molar-refractivity contribution in [3.63, 3.8) is 0 Å². The number of alkyl halides is 3. The van der Waals surface area contributed by atoms with E-state index in [0.717, 1.165) is 6.07 Å². The monoisotopic (exact) mass is 294 g/mol. The van der Waals surface area contributed by atoms with Crippen molar-refractivity contribution in [3.05, 3.63) is 34.9 Å². The van der Waals surface area contributed by atoms with E-state index in [9.17, 15) is 27.9 Å². The Morgan fingerprint density at radius 3 is 2.05 bits per heavy atom. The van der Waals surface area contributed by atoms with Gasteiger partial charge < -0.3 is 20.4 Å². The molecular formula is C11H9F3O6. The molecule has 2 unspecified atom stereocenters. The van der Waals surface area contributed by atoms with Crippen molar-refractivity contribution in [2.24, 2.45) is 0 Å². The van der Waals surface area contributed by atoms with E-state index in [-0.39, 0.29) is 6.07 Å². The highest BCUT2D eigenvalue weighted by molar-refractivity contribution is 5.88. The molecule has 0 bridgehead atoms. The quantitative estimate of drug-likeness (QED) is 0.655. The molecule has 2 atom stereocenters. The summed E-state index contributed by atoms with van der Waals surface area (Å²) in [6.45, 7) is 0. The van der Waals surface area contributed by atoms with Crippen LogP contribution in [-0.2, 0) is 11.0 Å². The van der Waals surface area contributed by atoms with E-state index in [2.05, 4.69) is 0 Å². The molecule has 1 aromatic rings. The summed E-state index contributed by atoms with van der Waals surface area (Å²) in [5.74, 6) is -3.52. The number of carboxylic acids is 2. The average Bonchev–Trinajstić information content (AvgIpc) is 2.34. The van der Waals surface area contributed by atoms with E-state index >= 15 is 0 Å². The van der Waals surface area contributed by atoms with Gasteiger partial charge in [0.05, 0.1) is 11.1 Å². The molecule has 110 valence electrons. The summed E-state index contributed by atoms with van der Waals surface area (Å²) in [6, 6.07) is 1.64. The standard InChI is InChI=1S/C11H9F3O6/c12-11(13,14)6-3-4(9(17)18)1-2-5(6)7(15)8(16)10(19)20/h1-3,7-8,15-16H,(H,17,18)(H,19,20). The first-order chi connectivity index (χ1) is 9.05. The zero-order valence-corrected chi connectivity index (χ0v) is 9.63. The summed E-state index contributed by atoms with van der Waals surface area (Å²) < 4.78 is 38.4. The maximum Gasteiger partial charge on any atom is 0.416 e. The fourth-order valence-electron chi connectivity index (χ4n) is 1.50. The Labute approximate surface area is 109 Å². The maximum atomic E-state index is 12.8. The smallest absolute Gasteiger partial charge is 0.416 e. The first kappa shape index (κ1) is 15.9. The van der Waals surface area contributed by atoms with E-state index < -0.39 is 47.0 Å². The normalized spacial score (nSPS) is 14.7. The maximum absolute atomic E-state index is 12.8. The van der Waals surface area contributed by atoms with Crippen LogP contribution in [0.15, 0.2) is 18.2 Å². The highest BCUT2D eigenvalue weighted by atomic mass is 19.4. The van der Waals surface area contributed by atoms with Crippen LogP contribution in [0.4, 0.5) is 13.2 Å². The van der Waals surface area contributed by atoms with Crippen molar-refractivity contribution in [1.29, 1.82) is 0 Å². The van der Waals surface area contributed by atoms with E-state index in [1.54, 1.807) is 0 Å². The lowest BCUT2D eigenvalue weighted by Crippen LogP contribution is -2.29. The van der Waals surface area contributed by atoms with E-state index in [1.807, 2.05) is 0 Å². The van der Waals surface area contributed by atoms with Crippen molar-refractivity contribution >= 4 is 11.9 Å². The molecule has 0 saturated heterocycles. The summed E-state index contributed by atoms with van der Waals surface area (Å²) in [7, 11) is 0. The van der Waals surface area contributed by atoms with Crippen LogP contribution < -0.4 is 0 Å². The third-order valence-corrected chi connectivity index (χ3v) is 2.48. The van der Waals surface area contributed by atoms with Crippen LogP contribution in [0.3, 0.4) is 0 Å². The van der Waals surface area contributed by atoms with E-state index in [4.69, 9.17) is 15.3 Å². The van der Waals surface area contributed by atoms with Gasteiger partial charge in [-0.25, -0.2) is 9.59 Å². The lowest BCUT2D eigenvalue weighted by atomic mass is 9.96. The number of aliphatic hydroxyl groups excluding tert-OH is 2. The van der Waals surface area contributed by atoms with Gasteiger partial charge >= 0.3 is 18.1 Å². The second-order valence-electron chi connectivity index (χ2n) is 3.83. The zero-order valence-electron chi connectivity index (χ0n) is 9.63. The molecule has 0 aliphatic carbocycles. The molecule has 0 aromatic heterocycles. The SMILES string of the molecule is O=C(O)c1ccc(C(O)C(O)C(=O)O)c(C(F)(F)F)c1. The molecule has 0 heterocycles. The Hall–Kier alpha value is -2.13. The number of aliphatic carboxylic acids is 1. The van der Waals surface area contributed by atoms with E-state index in [1.165, 1.54) is 0 Å². The lowest BCUT2D eigenvalue weighted by Gasteiger charge is -2.19. The van der Waals surface area contributed by atoms with Gasteiger partial charge in [-0.3, -0.25) is 0 Å². The number of carbonyl (C=O) groups is 2. The van der Waals surface area contributed by atoms with Gasteiger partial charge in [0.1, 0.15) is 6.10 Å². The van der Waals surface area contributed by atoms with Gasteiger partial charge in [-0.05, 0) is 17.7 Å². The number of aliphatic hydroxyl groups is 2. The van der Waals surface area contributed by atoms with Gasteiger partial charge in [-0.2, -0.15) is 13.2 Å². The number of halogens is 3. The lowest BCUT2D eigenvalue weighted by molar-refractivity contribution is -0.155. The number of aromatic carboxylic acids is 1. The highest BCUT2D eigenvalue weighted by Gasteiger charge is 2.38. The van der Waals surface area contributed by atoms with Crippen molar-refractivity contribution in [2.45, 2.75) is 18.4 Å². The summed E-state index contributed by atoms with van der Waals surface area (Å²) in [4.78, 5) is 21.1. The molecule has 0 aliphatic heterocycles. The fraction of sp³-hybridized carbons (Fsp3) is 0.273. The Morgan fingerprint density at radius 2 is 1.65 bits per heavy atom. The zero-order chi connectivity index (χ0) is 15.7. The second kappa shape index (κ2) is 5.47. The first-order valence-corrected chi connectivity index (χ1v) is 5.09. The summed E-state index contributed by atoms with van der Waals surface area (Å²) in [6.07, 6.45) is -9.82. The van der Waals surface area contributed by atoms with Gasteiger partial charge in [0.25, 0.3) is 0 Å². The van der Waals surface area contributed by atoms with Crippen LogP contribution >= 0.6 is 0 Å². The summed E-state index contributed by atoms with van der Waals surface area (Å²) >= 11 is 0. The minimum atomic E-state index is -5.01. The molecule has 6 nitrogen and oxygen atoms in total. The number of hydrogen-bond donors (Lipinski definition) is 4. The summed E-state index contributed by atoms with van der Waals surface area (Å²) in [5, 5.41) is 35.6. The number of hydrogen-bond acceptors (Lipinski definition) is 4. The largest absolute Gasteiger partial charge is 0.479 e. The number of rotatable bonds is 4. The van der Waals surface area contributed by atoms with Crippen molar-refractivity contribution in [1.82, 2.24) is 0 Å². The van der Waals surface area contributed by atoms with Gasteiger partial charge in [0, 0.05) is 0 Å². The van der Waals surface area contributed by atoms with Crippen molar-refractivity contribution in [3.8, 4) is 0 Å². The Balaban J connectivity index is 3.39. The van der Waals surface area contributed by atoms with Crippen LogP contribution in [0.1, 0.15) is 27.6 Å². The number of benzene rings is 1. The highest BCUT2D eigenvalue weighted by Crippen LogP contribution is 2.36. The third-order valence-electron chi connectivity index (χ3n) is 2.48. The van der Waals surface area contributed by atoms with Crippen molar-refractivity contribution in [2.75, 3.05) is 0 Å². The van der Waals surface area contributed by atoms with Crippen LogP contribution in [0, 0.1) is 0 Å². The molecule has 0 aliphatic rings. The van der Waals surface area contributed by atoms with Gasteiger partial charge in [0.2, 0.25) is 0 Å². The molecule has 1 rings (SSSR count). The Morgan fingerprint density at radius 1 is 1.10 bits per heavy atom. The van der Waals surface area contributed by atoms with Gasteiger partial charge in [0.15, 0.2) is 6.10 Å². The predicted molar refractivity (Wildman–Crippen MR) is 57.0 cm³/mol. The topological polar surface area (TPSA) is 115 Å². The van der Waals surface area contributed by atoms with Crippen molar-refractivity contribution < 1.29 is 43.2 Å². The predicted octanol–water partition coefficient (Wildman–Crippen LogP) is 0.883. The molecule has 1 aromatic carbocycles. The fourth-order valence-corrected chi connectivity index (χ4v) is 1.50. The van der Waals surface area contributed by atoms with Crippen LogP contribution in [0.2, 0.25) is 0 Å². The molecule has 9 heteroatoms. The van der Waals surface area contributed by atoms with Crippen LogP contribution in [0.25, 0.3) is 0 Å². The molecular weight excluding hydrogens is 285 g/mol. The minimum Gasteiger partial charge on any atom is -0.479 e. The molecule has 0 saturated carbocycles. The average molecular weight is 294 g/mol. The Kier molecular flexibility index (Phi) is 4.36. The third kappa shape index (κ3) is 3.25. The van der Waals surface area contributed by atoms with Crippen LogP contribution in [-0.4, -0.2) is 38.5 Å². The van der Waals surface area contributed by atoms with E-state index in [0.29, 0.717) is 6.07 Å².